The van der Waals surface area contributed by atoms with Crippen LogP contribution in [0.5, 0.6) is 0 Å². The lowest BCUT2D eigenvalue weighted by Crippen LogP contribution is -2.63. The molecule has 7 heteroatoms. The van der Waals surface area contributed by atoms with E-state index in [1.165, 1.54) is 5.56 Å². The third-order valence-electron chi connectivity index (χ3n) is 9.28. The predicted octanol–water partition coefficient (Wildman–Crippen LogP) is 2.91. The molecule has 4 aliphatic rings. The zero-order valence-corrected chi connectivity index (χ0v) is 22.1. The van der Waals surface area contributed by atoms with Crippen molar-refractivity contribution < 1.29 is 14.3 Å². The van der Waals surface area contributed by atoms with Crippen LogP contribution in [0.2, 0.25) is 0 Å². The van der Waals surface area contributed by atoms with Crippen molar-refractivity contribution in [3.8, 4) is 0 Å². The highest BCUT2D eigenvalue weighted by Crippen LogP contribution is 2.40. The highest BCUT2D eigenvalue weighted by Gasteiger charge is 2.49. The maximum absolute atomic E-state index is 13.3. The molecule has 2 amide bonds. The van der Waals surface area contributed by atoms with Crippen molar-refractivity contribution in [1.29, 1.82) is 0 Å². The summed E-state index contributed by atoms with van der Waals surface area (Å²) >= 11 is 0. The lowest BCUT2D eigenvalue weighted by Gasteiger charge is -2.52. The number of ether oxygens (including phenoxy) is 1. The first-order valence-electron chi connectivity index (χ1n) is 13.8. The van der Waals surface area contributed by atoms with Gasteiger partial charge in [-0.25, -0.2) is 0 Å². The molecule has 5 heterocycles. The largest absolute Gasteiger partial charge is 0.381 e. The van der Waals surface area contributed by atoms with Crippen molar-refractivity contribution in [3.63, 3.8) is 0 Å². The molecule has 37 heavy (non-hydrogen) atoms. The van der Waals surface area contributed by atoms with Gasteiger partial charge in [0.05, 0.1) is 23.8 Å². The Morgan fingerprint density at radius 3 is 2.38 bits per heavy atom. The van der Waals surface area contributed by atoms with Crippen molar-refractivity contribution in [3.05, 3.63) is 65.0 Å². The number of carbonyl (C=O) groups excluding carboxylic acids is 2. The summed E-state index contributed by atoms with van der Waals surface area (Å²) < 4.78 is 5.46. The van der Waals surface area contributed by atoms with E-state index in [2.05, 4.69) is 50.0 Å². The molecule has 4 aliphatic heterocycles. The molecule has 0 radical (unpaired) electrons. The fourth-order valence-corrected chi connectivity index (χ4v) is 7.09. The summed E-state index contributed by atoms with van der Waals surface area (Å²) in [6.07, 6.45) is 3.68. The van der Waals surface area contributed by atoms with Crippen molar-refractivity contribution in [2.24, 2.45) is 17.8 Å². The molecular formula is C30H38N4O3. The molecule has 1 aromatic heterocycles. The first-order valence-corrected chi connectivity index (χ1v) is 13.8. The molecule has 0 aliphatic carbocycles. The molecule has 7 nitrogen and oxygen atoms in total. The number of pyridine rings is 1. The summed E-state index contributed by atoms with van der Waals surface area (Å²) in [5.74, 6) is 1.52. The first kappa shape index (κ1) is 24.6. The number of aromatic nitrogens is 1. The molecule has 1 aromatic carbocycles. The number of rotatable bonds is 6. The lowest BCUT2D eigenvalue weighted by molar-refractivity contribution is -0.144. The van der Waals surface area contributed by atoms with Crippen LogP contribution in [0, 0.1) is 31.6 Å². The van der Waals surface area contributed by atoms with E-state index in [4.69, 9.17) is 4.74 Å². The smallest absolute Gasteiger partial charge is 0.255 e. The van der Waals surface area contributed by atoms with Crippen molar-refractivity contribution >= 4 is 11.8 Å². The molecule has 4 fully saturated rings. The Bertz CT molecular complexity index is 1120. The van der Waals surface area contributed by atoms with Gasteiger partial charge in [-0.1, -0.05) is 30.3 Å². The Morgan fingerprint density at radius 2 is 1.73 bits per heavy atom. The maximum atomic E-state index is 13.3. The van der Waals surface area contributed by atoms with E-state index < -0.39 is 0 Å². The van der Waals surface area contributed by atoms with Crippen LogP contribution in [0.4, 0.5) is 0 Å². The topological polar surface area (TPSA) is 66.0 Å². The van der Waals surface area contributed by atoms with Gasteiger partial charge in [-0.3, -0.25) is 14.6 Å². The second kappa shape index (κ2) is 9.84. The molecule has 0 bridgehead atoms. The Morgan fingerprint density at radius 1 is 1.00 bits per heavy atom. The number of benzene rings is 1. The molecule has 3 atom stereocenters. The van der Waals surface area contributed by atoms with Gasteiger partial charge in [-0.2, -0.15) is 0 Å². The number of hydrogen-bond donors (Lipinski definition) is 0. The van der Waals surface area contributed by atoms with Crippen molar-refractivity contribution in [2.75, 3.05) is 59.0 Å². The van der Waals surface area contributed by atoms with Crippen molar-refractivity contribution in [2.45, 2.75) is 32.1 Å². The zero-order chi connectivity index (χ0) is 25.6. The minimum Gasteiger partial charge on any atom is -0.381 e. The van der Waals surface area contributed by atoms with E-state index in [0.29, 0.717) is 25.0 Å². The summed E-state index contributed by atoms with van der Waals surface area (Å²) in [6.45, 7) is 11.6. The Kier molecular flexibility index (Phi) is 6.53. The van der Waals surface area contributed by atoms with Crippen molar-refractivity contribution in [1.82, 2.24) is 19.7 Å². The monoisotopic (exact) mass is 502 g/mol. The maximum Gasteiger partial charge on any atom is 0.255 e. The molecule has 196 valence electrons. The molecule has 0 saturated carbocycles. The van der Waals surface area contributed by atoms with Gasteiger partial charge in [-0.05, 0) is 62.3 Å². The van der Waals surface area contributed by atoms with Gasteiger partial charge in [0.25, 0.3) is 5.91 Å². The molecule has 0 spiro atoms. The van der Waals surface area contributed by atoms with E-state index in [-0.39, 0.29) is 23.1 Å². The van der Waals surface area contributed by atoms with Gasteiger partial charge in [0.15, 0.2) is 0 Å². The van der Waals surface area contributed by atoms with Crippen LogP contribution in [0.25, 0.3) is 0 Å². The third kappa shape index (κ3) is 4.57. The van der Waals surface area contributed by atoms with Crippen LogP contribution < -0.4 is 0 Å². The van der Waals surface area contributed by atoms with Crippen LogP contribution in [-0.4, -0.2) is 90.5 Å². The van der Waals surface area contributed by atoms with Gasteiger partial charge < -0.3 is 19.4 Å². The molecule has 0 N–H and O–H groups in total. The Hall–Kier alpha value is -2.77. The predicted molar refractivity (Wildman–Crippen MR) is 141 cm³/mol. The SMILES string of the molecule is Cc1ccnc(C)c1C(=O)N1CC2CN(CCC3(c4ccccc4)CN(C(=O)C4CCOC4)C3)CC2C1. The van der Waals surface area contributed by atoms with Crippen LogP contribution >= 0.6 is 0 Å². The van der Waals surface area contributed by atoms with Crippen LogP contribution in [0.3, 0.4) is 0 Å². The minimum atomic E-state index is 0.0332. The molecule has 3 unspecified atom stereocenters. The number of fused-ring (bicyclic) bond motifs is 1. The van der Waals surface area contributed by atoms with Gasteiger partial charge in [0.2, 0.25) is 5.91 Å². The highest BCUT2D eigenvalue weighted by atomic mass is 16.5. The van der Waals surface area contributed by atoms with Crippen LogP contribution in [-0.2, 0) is 14.9 Å². The quantitative estimate of drug-likeness (QED) is 0.608. The third-order valence-corrected chi connectivity index (χ3v) is 9.28. The normalized spacial score (nSPS) is 26.8. The second-order valence-corrected chi connectivity index (χ2v) is 11.7. The number of aryl methyl sites for hydroxylation is 2. The van der Waals surface area contributed by atoms with Gasteiger partial charge in [0.1, 0.15) is 0 Å². The first-order chi connectivity index (χ1) is 17.9. The number of nitrogens with zero attached hydrogens (tertiary/aromatic N) is 4. The number of carbonyl (C=O) groups is 2. The van der Waals surface area contributed by atoms with E-state index in [1.807, 2.05) is 19.9 Å². The average Bonchev–Trinajstić information content (AvgIpc) is 3.61. The zero-order valence-electron chi connectivity index (χ0n) is 22.1. The van der Waals surface area contributed by atoms with E-state index in [1.54, 1.807) is 6.20 Å². The average molecular weight is 503 g/mol. The van der Waals surface area contributed by atoms with E-state index >= 15 is 0 Å². The van der Waals surface area contributed by atoms with Gasteiger partial charge >= 0.3 is 0 Å². The fourth-order valence-electron chi connectivity index (χ4n) is 7.09. The van der Waals surface area contributed by atoms with E-state index in [9.17, 15) is 9.59 Å². The number of likely N-dealkylation sites (tertiary alicyclic amines) is 3. The summed E-state index contributed by atoms with van der Waals surface area (Å²) in [7, 11) is 0. The summed E-state index contributed by atoms with van der Waals surface area (Å²) in [5.41, 5.74) is 3.99. The number of amides is 2. The summed E-state index contributed by atoms with van der Waals surface area (Å²) in [5, 5.41) is 0. The van der Waals surface area contributed by atoms with Crippen LogP contribution in [0.1, 0.15) is 40.0 Å². The summed E-state index contributed by atoms with van der Waals surface area (Å²) in [4.78, 5) is 37.3. The molecule has 4 saturated heterocycles. The standard InChI is InChI=1S/C30H38N4O3/c1-21-8-11-31-22(2)27(21)29(36)33-16-24-14-32(15-25(24)17-33)12-10-30(26-6-4-3-5-7-26)19-34(20-30)28(35)23-9-13-37-18-23/h3-8,11,23-25H,9-10,12-20H2,1-2H3. The summed E-state index contributed by atoms with van der Waals surface area (Å²) in [6, 6.07) is 12.7. The Balaban J connectivity index is 1.06. The highest BCUT2D eigenvalue weighted by molar-refractivity contribution is 5.96. The van der Waals surface area contributed by atoms with Gasteiger partial charge in [-0.15, -0.1) is 0 Å². The molecule has 6 rings (SSSR count). The Labute approximate surface area is 219 Å². The minimum absolute atomic E-state index is 0.0332. The number of hydrogen-bond acceptors (Lipinski definition) is 5. The molecular weight excluding hydrogens is 464 g/mol. The second-order valence-electron chi connectivity index (χ2n) is 11.7. The van der Waals surface area contributed by atoms with Gasteiger partial charge in [0, 0.05) is 57.5 Å². The van der Waals surface area contributed by atoms with E-state index in [0.717, 1.165) is 75.5 Å². The van der Waals surface area contributed by atoms with Crippen LogP contribution in [0.15, 0.2) is 42.6 Å². The molecule has 2 aromatic rings. The lowest BCUT2D eigenvalue weighted by atomic mass is 9.70. The fraction of sp³-hybridized carbons (Fsp3) is 0.567.